The summed E-state index contributed by atoms with van der Waals surface area (Å²) in [6, 6.07) is 9.67. The predicted molar refractivity (Wildman–Crippen MR) is 91.7 cm³/mol. The van der Waals surface area contributed by atoms with Crippen molar-refractivity contribution in [2.75, 3.05) is 6.61 Å². The number of hydrogen-bond donors (Lipinski definition) is 0. The Labute approximate surface area is 133 Å². The second-order valence-corrected chi connectivity index (χ2v) is 11.7. The fraction of sp³-hybridized carbons (Fsp3) is 0.471. The van der Waals surface area contributed by atoms with E-state index in [1.165, 1.54) is 0 Å². The Morgan fingerprint density at radius 3 is 2.45 bits per heavy atom. The van der Waals surface area contributed by atoms with E-state index >= 15 is 0 Å². The van der Waals surface area contributed by atoms with Crippen molar-refractivity contribution in [3.8, 4) is 0 Å². The third kappa shape index (κ3) is 3.04. The third-order valence-electron chi connectivity index (χ3n) is 4.28. The van der Waals surface area contributed by atoms with Crippen LogP contribution in [0.25, 0.3) is 10.9 Å². The van der Waals surface area contributed by atoms with Gasteiger partial charge in [-0.2, -0.15) is 4.73 Å². The highest BCUT2D eigenvalue weighted by molar-refractivity contribution is 6.74. The second-order valence-electron chi connectivity index (χ2n) is 6.95. The van der Waals surface area contributed by atoms with Crippen LogP contribution in [0.4, 0.5) is 0 Å². The summed E-state index contributed by atoms with van der Waals surface area (Å²) in [4.78, 5) is 12.3. The van der Waals surface area contributed by atoms with Gasteiger partial charge >= 0.3 is 5.97 Å². The van der Waals surface area contributed by atoms with E-state index in [4.69, 9.17) is 9.26 Å². The van der Waals surface area contributed by atoms with Crippen LogP contribution in [0.5, 0.6) is 0 Å². The normalized spacial score (nSPS) is 12.5. The fourth-order valence-corrected chi connectivity index (χ4v) is 2.87. The molecule has 2 aromatic rings. The first kappa shape index (κ1) is 16.6. The van der Waals surface area contributed by atoms with Crippen molar-refractivity contribution in [3.63, 3.8) is 0 Å². The monoisotopic (exact) mass is 319 g/mol. The maximum absolute atomic E-state index is 12.3. The summed E-state index contributed by atoms with van der Waals surface area (Å²) in [5, 5.41) is 1.02. The molecule has 4 nitrogen and oxygen atoms in total. The van der Waals surface area contributed by atoms with E-state index in [1.807, 2.05) is 30.3 Å². The lowest BCUT2D eigenvalue weighted by Gasteiger charge is -2.36. The highest BCUT2D eigenvalue weighted by Gasteiger charge is 2.41. The van der Waals surface area contributed by atoms with Gasteiger partial charge in [-0.25, -0.2) is 4.79 Å². The van der Waals surface area contributed by atoms with Crippen LogP contribution in [0.2, 0.25) is 18.1 Å². The molecule has 0 radical (unpaired) electrons. The van der Waals surface area contributed by atoms with E-state index in [0.29, 0.717) is 12.3 Å². The minimum absolute atomic E-state index is 0.0459. The Morgan fingerprint density at radius 2 is 1.86 bits per heavy atom. The van der Waals surface area contributed by atoms with Crippen LogP contribution in [0.3, 0.4) is 0 Å². The number of fused-ring (bicyclic) bond motifs is 1. The van der Waals surface area contributed by atoms with E-state index in [9.17, 15) is 4.79 Å². The molecule has 5 heteroatoms. The molecule has 120 valence electrons. The average Bonchev–Trinajstić information content (AvgIpc) is 2.76. The molecule has 0 aliphatic carbocycles. The molecule has 22 heavy (non-hydrogen) atoms. The first-order chi connectivity index (χ1) is 10.2. The lowest BCUT2D eigenvalue weighted by molar-refractivity contribution is 0.0495. The van der Waals surface area contributed by atoms with E-state index in [-0.39, 0.29) is 11.0 Å². The topological polar surface area (TPSA) is 40.5 Å². The lowest BCUT2D eigenvalue weighted by atomic mass is 10.2. The SMILES string of the molecule is CCOC(=O)c1cc2ccccc2n1O[Si](C)(C)C(C)(C)C. The zero-order chi connectivity index (χ0) is 16.5. The predicted octanol–water partition coefficient (Wildman–Crippen LogP) is 4.25. The molecule has 0 unspecified atom stereocenters. The van der Waals surface area contributed by atoms with Gasteiger partial charge in [-0.3, -0.25) is 0 Å². The Hall–Kier alpha value is -1.75. The Kier molecular flexibility index (Phi) is 4.38. The van der Waals surface area contributed by atoms with Crippen molar-refractivity contribution in [1.82, 2.24) is 4.73 Å². The number of rotatable bonds is 4. The zero-order valence-corrected chi connectivity index (χ0v) is 15.3. The Morgan fingerprint density at radius 1 is 1.23 bits per heavy atom. The minimum Gasteiger partial charge on any atom is -0.469 e. The number of para-hydroxylation sites is 1. The summed E-state index contributed by atoms with van der Waals surface area (Å²) in [5.74, 6) is -0.350. The van der Waals surface area contributed by atoms with Gasteiger partial charge in [-0.05, 0) is 37.2 Å². The van der Waals surface area contributed by atoms with Gasteiger partial charge in [0.25, 0.3) is 8.32 Å². The molecule has 1 heterocycles. The standard InChI is InChI=1S/C17H25NO3Si/c1-7-20-16(19)15-12-13-10-8-9-11-14(13)18(15)21-22(5,6)17(2,3)4/h8-12H,7H2,1-6H3. The molecule has 0 amide bonds. The van der Waals surface area contributed by atoms with Gasteiger partial charge in [0.15, 0.2) is 5.69 Å². The van der Waals surface area contributed by atoms with Crippen LogP contribution in [-0.4, -0.2) is 25.6 Å². The quantitative estimate of drug-likeness (QED) is 0.625. The van der Waals surface area contributed by atoms with E-state index in [1.54, 1.807) is 11.7 Å². The van der Waals surface area contributed by atoms with Gasteiger partial charge in [-0.15, -0.1) is 0 Å². The molecule has 1 aromatic heterocycles. The van der Waals surface area contributed by atoms with Gasteiger partial charge in [0, 0.05) is 5.39 Å². The van der Waals surface area contributed by atoms with Crippen molar-refractivity contribution in [2.45, 2.75) is 45.8 Å². The number of ether oxygens (including phenoxy) is 1. The van der Waals surface area contributed by atoms with E-state index in [0.717, 1.165) is 10.9 Å². The highest BCUT2D eigenvalue weighted by atomic mass is 28.4. The molecular formula is C17H25NO3Si. The van der Waals surface area contributed by atoms with Crippen molar-refractivity contribution >= 4 is 25.2 Å². The molecule has 0 spiro atoms. The minimum atomic E-state index is -2.07. The van der Waals surface area contributed by atoms with Crippen LogP contribution >= 0.6 is 0 Å². The molecule has 1 aromatic carbocycles. The molecule has 2 rings (SSSR count). The lowest BCUT2D eigenvalue weighted by Crippen LogP contribution is -2.48. The van der Waals surface area contributed by atoms with Crippen LogP contribution in [0.15, 0.2) is 30.3 Å². The van der Waals surface area contributed by atoms with Crippen LogP contribution in [0, 0.1) is 0 Å². The van der Waals surface area contributed by atoms with Crippen molar-refractivity contribution in [3.05, 3.63) is 36.0 Å². The van der Waals surface area contributed by atoms with E-state index < -0.39 is 8.32 Å². The summed E-state index contributed by atoms with van der Waals surface area (Å²) in [7, 11) is -2.07. The summed E-state index contributed by atoms with van der Waals surface area (Å²) in [6.45, 7) is 13.0. The highest BCUT2D eigenvalue weighted by Crippen LogP contribution is 2.35. The average molecular weight is 319 g/mol. The summed E-state index contributed by atoms with van der Waals surface area (Å²) in [5.41, 5.74) is 1.35. The fourth-order valence-electron chi connectivity index (χ4n) is 1.94. The molecule has 0 fully saturated rings. The van der Waals surface area contributed by atoms with Crippen molar-refractivity contribution in [1.29, 1.82) is 0 Å². The first-order valence-corrected chi connectivity index (χ1v) is 10.6. The zero-order valence-electron chi connectivity index (χ0n) is 14.3. The first-order valence-electron chi connectivity index (χ1n) is 7.64. The molecule has 0 aliphatic heterocycles. The summed E-state index contributed by atoms with van der Waals surface area (Å²) < 4.78 is 13.2. The number of carbonyl (C=O) groups excluding carboxylic acids is 1. The smallest absolute Gasteiger partial charge is 0.358 e. The molecular weight excluding hydrogens is 294 g/mol. The van der Waals surface area contributed by atoms with Gasteiger partial charge in [-0.1, -0.05) is 39.0 Å². The van der Waals surface area contributed by atoms with Gasteiger partial charge in [0.05, 0.1) is 12.1 Å². The molecule has 0 aliphatic rings. The number of benzene rings is 1. The van der Waals surface area contributed by atoms with Gasteiger partial charge in [0.2, 0.25) is 0 Å². The number of carbonyl (C=O) groups is 1. The second kappa shape index (κ2) is 5.80. The molecule has 0 saturated heterocycles. The van der Waals surface area contributed by atoms with Crippen LogP contribution in [0.1, 0.15) is 38.2 Å². The van der Waals surface area contributed by atoms with Crippen molar-refractivity contribution in [2.24, 2.45) is 0 Å². The number of nitrogens with zero attached hydrogens (tertiary/aromatic N) is 1. The van der Waals surface area contributed by atoms with Crippen LogP contribution in [-0.2, 0) is 4.74 Å². The molecule has 0 bridgehead atoms. The number of esters is 1. The Bertz CT molecular complexity index is 683. The maximum atomic E-state index is 12.3. The van der Waals surface area contributed by atoms with Crippen LogP contribution < -0.4 is 4.53 Å². The summed E-state index contributed by atoms with van der Waals surface area (Å²) in [6.07, 6.45) is 0. The molecule has 0 saturated carbocycles. The number of hydrogen-bond acceptors (Lipinski definition) is 3. The van der Waals surface area contributed by atoms with Gasteiger partial charge in [0.1, 0.15) is 0 Å². The van der Waals surface area contributed by atoms with Gasteiger partial charge < -0.3 is 9.26 Å². The number of aromatic nitrogens is 1. The Balaban J connectivity index is 2.55. The maximum Gasteiger partial charge on any atom is 0.358 e. The molecule has 0 atom stereocenters. The summed E-state index contributed by atoms with van der Waals surface area (Å²) >= 11 is 0. The largest absolute Gasteiger partial charge is 0.469 e. The van der Waals surface area contributed by atoms with Crippen molar-refractivity contribution < 1.29 is 14.1 Å². The third-order valence-corrected chi connectivity index (χ3v) is 8.53. The molecule has 0 N–H and O–H groups in total. The van der Waals surface area contributed by atoms with E-state index in [2.05, 4.69) is 33.9 Å².